The molecule has 0 aromatic heterocycles. The molecule has 222 valence electrons. The Morgan fingerprint density at radius 2 is 1.72 bits per heavy atom. The molecule has 0 radical (unpaired) electrons. The van der Waals surface area contributed by atoms with E-state index in [2.05, 4.69) is 13.2 Å². The maximum absolute atomic E-state index is 15.0. The number of aliphatic hydroxyl groups is 1. The predicted molar refractivity (Wildman–Crippen MR) is 172 cm³/mol. The van der Waals surface area contributed by atoms with Gasteiger partial charge in [0.05, 0.1) is 29.2 Å². The largest absolute Gasteiger partial charge is 0.394 e. The van der Waals surface area contributed by atoms with Crippen molar-refractivity contribution in [1.82, 2.24) is 9.80 Å². The molecule has 0 saturated carbocycles. The van der Waals surface area contributed by atoms with Gasteiger partial charge in [-0.15, -0.1) is 24.9 Å². The number of likely N-dealkylation sites (tertiary alicyclic amines) is 1. The van der Waals surface area contributed by atoms with Crippen molar-refractivity contribution in [3.05, 3.63) is 104 Å². The molecule has 2 unspecified atom stereocenters. The van der Waals surface area contributed by atoms with Crippen molar-refractivity contribution in [2.45, 2.75) is 34.9 Å². The number of nitrogens with zero attached hydrogens (tertiary/aromatic N) is 3. The monoisotopic (exact) mass is 595 g/mol. The summed E-state index contributed by atoms with van der Waals surface area (Å²) in [6.45, 7) is 8.00. The topological polar surface area (TPSA) is 81.2 Å². The zero-order chi connectivity index (χ0) is 30.3. The number of hydrogen-bond acceptors (Lipinski definition) is 5. The number of hydrogen-bond donors (Lipinski definition) is 1. The molecule has 6 atom stereocenters. The fourth-order valence-electron chi connectivity index (χ4n) is 7.50. The minimum atomic E-state index is -0.869. The molecule has 3 aromatic rings. The first-order chi connectivity index (χ1) is 20.9. The van der Waals surface area contributed by atoms with E-state index in [-0.39, 0.29) is 36.1 Å². The molecular weight excluding hydrogens is 558 g/mol. The smallest absolute Gasteiger partial charge is 0.251 e. The Kier molecular flexibility index (Phi) is 7.92. The molecule has 1 N–H and O–H groups in total. The summed E-state index contributed by atoms with van der Waals surface area (Å²) >= 11 is 1.63. The predicted octanol–water partition coefficient (Wildman–Crippen LogP) is 4.83. The summed E-state index contributed by atoms with van der Waals surface area (Å²) in [6.07, 6.45) is 4.76. The van der Waals surface area contributed by atoms with E-state index < -0.39 is 28.7 Å². The van der Waals surface area contributed by atoms with Gasteiger partial charge in [-0.25, -0.2) is 0 Å². The molecule has 43 heavy (non-hydrogen) atoms. The Labute approximate surface area is 256 Å². The van der Waals surface area contributed by atoms with Crippen LogP contribution in [0.2, 0.25) is 0 Å². The van der Waals surface area contributed by atoms with Crippen LogP contribution in [0.15, 0.2) is 98.1 Å². The first kappa shape index (κ1) is 29.2. The maximum Gasteiger partial charge on any atom is 0.251 e. The van der Waals surface area contributed by atoms with Crippen LogP contribution < -0.4 is 4.90 Å². The minimum absolute atomic E-state index is 0.0519. The number of fused-ring (bicyclic) bond motifs is 2. The Bertz CT molecular complexity index is 1580. The molecule has 8 heteroatoms. The average Bonchev–Trinajstić information content (AvgIpc) is 3.67. The number of likely N-dealkylation sites (N-methyl/N-ethyl adjacent to an activating group) is 1. The lowest BCUT2D eigenvalue weighted by molar-refractivity contribution is -0.145. The summed E-state index contributed by atoms with van der Waals surface area (Å²) in [5.74, 6) is -1.76. The van der Waals surface area contributed by atoms with Crippen LogP contribution in [0.4, 0.5) is 5.69 Å². The van der Waals surface area contributed by atoms with Gasteiger partial charge in [0.1, 0.15) is 6.04 Å². The van der Waals surface area contributed by atoms with Crippen molar-refractivity contribution in [3.63, 3.8) is 0 Å². The van der Waals surface area contributed by atoms with E-state index in [0.29, 0.717) is 18.7 Å². The van der Waals surface area contributed by atoms with Crippen LogP contribution in [0.1, 0.15) is 24.4 Å². The summed E-state index contributed by atoms with van der Waals surface area (Å²) in [6, 6.07) is 21.7. The van der Waals surface area contributed by atoms with Crippen molar-refractivity contribution in [3.8, 4) is 0 Å². The number of carbonyl (C=O) groups excluding carboxylic acids is 3. The lowest BCUT2D eigenvalue weighted by atomic mass is 9.70. The number of thioether (sulfide) groups is 1. The molecule has 3 aliphatic heterocycles. The van der Waals surface area contributed by atoms with E-state index in [1.165, 1.54) is 0 Å². The van der Waals surface area contributed by atoms with Gasteiger partial charge in [0.25, 0.3) is 5.91 Å². The highest BCUT2D eigenvalue weighted by Gasteiger charge is 2.74. The van der Waals surface area contributed by atoms with Gasteiger partial charge in [0.2, 0.25) is 11.8 Å². The maximum atomic E-state index is 15.0. The second kappa shape index (κ2) is 11.7. The third-order valence-electron chi connectivity index (χ3n) is 9.35. The number of benzene rings is 3. The van der Waals surface area contributed by atoms with Gasteiger partial charge in [-0.1, -0.05) is 72.8 Å². The van der Waals surface area contributed by atoms with E-state index in [9.17, 15) is 19.5 Å². The fraction of sp³-hybridized carbons (Fsp3) is 0.343. The number of anilines is 1. The molecule has 2 bridgehead atoms. The van der Waals surface area contributed by atoms with Gasteiger partial charge in [-0.3, -0.25) is 14.4 Å². The van der Waals surface area contributed by atoms with Gasteiger partial charge < -0.3 is 19.8 Å². The van der Waals surface area contributed by atoms with Crippen molar-refractivity contribution < 1.29 is 19.5 Å². The van der Waals surface area contributed by atoms with Crippen molar-refractivity contribution >= 4 is 45.9 Å². The van der Waals surface area contributed by atoms with Crippen molar-refractivity contribution in [2.75, 3.05) is 31.6 Å². The zero-order valence-electron chi connectivity index (χ0n) is 24.3. The Balaban J connectivity index is 1.48. The molecule has 6 rings (SSSR count). The molecule has 3 saturated heterocycles. The van der Waals surface area contributed by atoms with Crippen LogP contribution in [0.25, 0.3) is 10.8 Å². The fourth-order valence-corrected chi connectivity index (χ4v) is 9.69. The van der Waals surface area contributed by atoms with Crippen LogP contribution in [0.3, 0.4) is 0 Å². The number of amides is 3. The third kappa shape index (κ3) is 4.68. The van der Waals surface area contributed by atoms with Gasteiger partial charge >= 0.3 is 0 Å². The minimum Gasteiger partial charge on any atom is -0.394 e. The molecule has 3 amide bonds. The van der Waals surface area contributed by atoms with Crippen LogP contribution in [-0.2, 0) is 14.4 Å². The highest BCUT2D eigenvalue weighted by atomic mass is 32.2. The normalized spacial score (nSPS) is 26.3. The molecule has 1 spiro atoms. The standard InChI is InChI=1S/C35H37N3O4S/c1-4-19-36(3)32(40)29-28-17-18-35(43-28)30(29)33(41)38(27(22-39)24-12-7-6-8-13-24)31(35)34(42)37(20-5-2)26-16-15-23-11-9-10-14-25(23)21-26/h4-16,21,27-31,39H,1-2,17-20,22H2,3H3/t27-,28+,29-,30+,31?,35?/m1/s1. The quantitative estimate of drug-likeness (QED) is 0.340. The second-order valence-corrected chi connectivity index (χ2v) is 13.3. The molecule has 3 aliphatic rings. The molecule has 3 aromatic carbocycles. The van der Waals surface area contributed by atoms with Crippen LogP contribution in [0, 0.1) is 11.8 Å². The second-order valence-electron chi connectivity index (χ2n) is 11.7. The Morgan fingerprint density at radius 1 is 1.02 bits per heavy atom. The van der Waals surface area contributed by atoms with E-state index in [1.807, 2.05) is 72.8 Å². The Morgan fingerprint density at radius 3 is 2.42 bits per heavy atom. The van der Waals surface area contributed by atoms with Gasteiger partial charge in [-0.05, 0) is 41.3 Å². The highest BCUT2D eigenvalue weighted by molar-refractivity contribution is 8.02. The number of rotatable bonds is 10. The lowest BCUT2D eigenvalue weighted by Gasteiger charge is -2.39. The van der Waals surface area contributed by atoms with Gasteiger partial charge in [-0.2, -0.15) is 0 Å². The van der Waals surface area contributed by atoms with Crippen LogP contribution in [-0.4, -0.2) is 75.4 Å². The van der Waals surface area contributed by atoms with E-state index in [1.54, 1.807) is 45.7 Å². The molecule has 7 nitrogen and oxygen atoms in total. The summed E-state index contributed by atoms with van der Waals surface area (Å²) in [7, 11) is 1.74. The van der Waals surface area contributed by atoms with Gasteiger partial charge in [0.15, 0.2) is 0 Å². The summed E-state index contributed by atoms with van der Waals surface area (Å²) in [5, 5.41) is 12.8. The number of carbonyl (C=O) groups is 3. The van der Waals surface area contributed by atoms with Crippen molar-refractivity contribution in [1.29, 1.82) is 0 Å². The zero-order valence-corrected chi connectivity index (χ0v) is 25.2. The summed E-state index contributed by atoms with van der Waals surface area (Å²) in [4.78, 5) is 48.4. The SMILES string of the molecule is C=CCN(C)C(=O)[C@@H]1[C@@H]2CCC3(S2)C(C(=O)N(CC=C)c2ccc4ccccc4c2)N([C@H](CO)c2ccccc2)C(=O)[C@H]13. The average molecular weight is 596 g/mol. The lowest BCUT2D eigenvalue weighted by Crippen LogP contribution is -2.56. The molecule has 3 fully saturated rings. The summed E-state index contributed by atoms with van der Waals surface area (Å²) in [5.41, 5.74) is 1.46. The molecule has 3 heterocycles. The van der Waals surface area contributed by atoms with Crippen molar-refractivity contribution in [2.24, 2.45) is 11.8 Å². The third-order valence-corrected chi connectivity index (χ3v) is 11.3. The van der Waals surface area contributed by atoms with Crippen LogP contribution >= 0.6 is 11.8 Å². The van der Waals surface area contributed by atoms with E-state index >= 15 is 0 Å². The van der Waals surface area contributed by atoms with Gasteiger partial charge in [0, 0.05) is 31.1 Å². The van der Waals surface area contributed by atoms with E-state index in [4.69, 9.17) is 0 Å². The highest BCUT2D eigenvalue weighted by Crippen LogP contribution is 2.67. The molecular formula is C35H37N3O4S. The van der Waals surface area contributed by atoms with E-state index in [0.717, 1.165) is 22.8 Å². The van der Waals surface area contributed by atoms with Crippen LogP contribution in [0.5, 0.6) is 0 Å². The summed E-state index contributed by atoms with van der Waals surface area (Å²) < 4.78 is -0.785. The Hall–Kier alpha value is -3.88. The molecule has 0 aliphatic carbocycles. The first-order valence-electron chi connectivity index (χ1n) is 14.8. The first-order valence-corrected chi connectivity index (χ1v) is 15.7. The number of aliphatic hydroxyl groups excluding tert-OH is 1.